The van der Waals surface area contributed by atoms with Gasteiger partial charge in [-0.2, -0.15) is 18.4 Å². The van der Waals surface area contributed by atoms with E-state index in [1.807, 2.05) is 6.07 Å². The van der Waals surface area contributed by atoms with Crippen molar-refractivity contribution in [3.63, 3.8) is 0 Å². The molecule has 8 nitrogen and oxygen atoms in total. The van der Waals surface area contributed by atoms with Crippen LogP contribution in [-0.2, 0) is 6.18 Å². The van der Waals surface area contributed by atoms with Gasteiger partial charge in [0, 0.05) is 11.8 Å². The molecule has 0 aromatic heterocycles. The van der Waals surface area contributed by atoms with Crippen LogP contribution in [0.5, 0.6) is 0 Å². The predicted octanol–water partition coefficient (Wildman–Crippen LogP) is 5.29. The molecule has 0 bridgehead atoms. The van der Waals surface area contributed by atoms with E-state index in [1.165, 1.54) is 12.1 Å². The van der Waals surface area contributed by atoms with Crippen molar-refractivity contribution in [2.24, 2.45) is 0 Å². The van der Waals surface area contributed by atoms with Crippen molar-refractivity contribution in [3.8, 4) is 6.07 Å². The summed E-state index contributed by atoms with van der Waals surface area (Å²) in [5.74, 6) is 0. The second-order valence-corrected chi connectivity index (χ2v) is 5.88. The van der Waals surface area contributed by atoms with E-state index in [4.69, 9.17) is 0 Å². The SMILES string of the molecule is N#Cc1cc(Nc2c([N+](=O)[O-])cc([N+](=O)[O-])cc2C(F)(F)F)cc2ccccc12. The number of rotatable bonds is 4. The summed E-state index contributed by atoms with van der Waals surface area (Å²) in [4.78, 5) is 20.0. The number of hydrogen-bond acceptors (Lipinski definition) is 6. The van der Waals surface area contributed by atoms with Gasteiger partial charge in [-0.25, -0.2) is 0 Å². The summed E-state index contributed by atoms with van der Waals surface area (Å²) >= 11 is 0. The Morgan fingerprint density at radius 2 is 1.69 bits per heavy atom. The highest BCUT2D eigenvalue weighted by molar-refractivity contribution is 5.92. The fourth-order valence-electron chi connectivity index (χ4n) is 2.84. The first-order chi connectivity index (χ1) is 13.6. The third kappa shape index (κ3) is 3.77. The second kappa shape index (κ2) is 7.08. The summed E-state index contributed by atoms with van der Waals surface area (Å²) in [6.07, 6.45) is -5.10. The van der Waals surface area contributed by atoms with Crippen molar-refractivity contribution in [2.45, 2.75) is 6.18 Å². The van der Waals surface area contributed by atoms with Gasteiger partial charge in [0.05, 0.1) is 33.1 Å². The molecule has 3 rings (SSSR count). The molecule has 0 radical (unpaired) electrons. The fraction of sp³-hybridized carbons (Fsp3) is 0.0556. The molecule has 0 spiro atoms. The molecule has 3 aromatic carbocycles. The van der Waals surface area contributed by atoms with Gasteiger partial charge in [-0.3, -0.25) is 20.2 Å². The Morgan fingerprint density at radius 1 is 1.00 bits per heavy atom. The molecule has 0 aliphatic carbocycles. The van der Waals surface area contributed by atoms with Crippen LogP contribution < -0.4 is 5.32 Å². The summed E-state index contributed by atoms with van der Waals surface area (Å²) < 4.78 is 40.5. The number of nitro benzene ring substituents is 2. The number of alkyl halides is 3. The molecule has 0 fully saturated rings. The summed E-state index contributed by atoms with van der Waals surface area (Å²) in [5, 5.41) is 34.9. The Morgan fingerprint density at radius 3 is 2.28 bits per heavy atom. The maximum atomic E-state index is 13.5. The Labute approximate surface area is 160 Å². The second-order valence-electron chi connectivity index (χ2n) is 5.88. The van der Waals surface area contributed by atoms with Gasteiger partial charge in [-0.05, 0) is 22.9 Å². The minimum Gasteiger partial charge on any atom is -0.349 e. The Balaban J connectivity index is 2.26. The highest BCUT2D eigenvalue weighted by Gasteiger charge is 2.39. The van der Waals surface area contributed by atoms with Crippen molar-refractivity contribution < 1.29 is 23.0 Å². The standard InChI is InChI=1S/C18H9F3N4O4/c19-18(20,21)15-7-13(24(26)27)8-16(25(28)29)17(15)23-12-5-10-3-1-2-4-14(10)11(6-12)9-22/h1-8,23H. The number of nitro groups is 2. The lowest BCUT2D eigenvalue weighted by molar-refractivity contribution is -0.394. The molecular formula is C18H9F3N4O4. The maximum absolute atomic E-state index is 13.5. The van der Waals surface area contributed by atoms with Gasteiger partial charge in [-0.1, -0.05) is 24.3 Å². The highest BCUT2D eigenvalue weighted by Crippen LogP contribution is 2.44. The van der Waals surface area contributed by atoms with Gasteiger partial charge < -0.3 is 5.32 Å². The van der Waals surface area contributed by atoms with E-state index in [9.17, 15) is 38.7 Å². The molecule has 0 unspecified atom stereocenters. The van der Waals surface area contributed by atoms with Crippen LogP contribution in [0.4, 0.5) is 35.9 Å². The first kappa shape index (κ1) is 19.6. The maximum Gasteiger partial charge on any atom is 0.418 e. The van der Waals surface area contributed by atoms with Crippen LogP contribution in [0.1, 0.15) is 11.1 Å². The zero-order valence-electron chi connectivity index (χ0n) is 14.2. The normalized spacial score (nSPS) is 11.1. The van der Waals surface area contributed by atoms with Crippen molar-refractivity contribution in [3.05, 3.63) is 79.9 Å². The van der Waals surface area contributed by atoms with Crippen LogP contribution in [0.15, 0.2) is 48.5 Å². The first-order valence-corrected chi connectivity index (χ1v) is 7.85. The van der Waals surface area contributed by atoms with Crippen LogP contribution in [-0.4, -0.2) is 9.85 Å². The molecule has 11 heteroatoms. The number of hydrogen-bond donors (Lipinski definition) is 1. The monoisotopic (exact) mass is 402 g/mol. The highest BCUT2D eigenvalue weighted by atomic mass is 19.4. The van der Waals surface area contributed by atoms with Gasteiger partial charge in [-0.15, -0.1) is 0 Å². The molecule has 1 N–H and O–H groups in total. The summed E-state index contributed by atoms with van der Waals surface area (Å²) in [7, 11) is 0. The number of anilines is 2. The van der Waals surface area contributed by atoms with Gasteiger partial charge in [0.2, 0.25) is 0 Å². The molecule has 0 aliphatic rings. The third-order valence-corrected chi connectivity index (χ3v) is 4.07. The van der Waals surface area contributed by atoms with Gasteiger partial charge in [0.1, 0.15) is 5.69 Å². The Bertz CT molecular complexity index is 1200. The van der Waals surface area contributed by atoms with Crippen molar-refractivity contribution in [1.29, 1.82) is 5.26 Å². The Kier molecular flexibility index (Phi) is 4.78. The topological polar surface area (TPSA) is 122 Å². The number of nitriles is 1. The van der Waals surface area contributed by atoms with Crippen molar-refractivity contribution in [2.75, 3.05) is 5.32 Å². The minimum absolute atomic E-state index is 0.0114. The average molecular weight is 402 g/mol. The van der Waals surface area contributed by atoms with E-state index in [-0.39, 0.29) is 17.3 Å². The van der Waals surface area contributed by atoms with E-state index in [0.717, 1.165) is 0 Å². The molecule has 0 saturated heterocycles. The predicted molar refractivity (Wildman–Crippen MR) is 96.7 cm³/mol. The molecule has 29 heavy (non-hydrogen) atoms. The van der Waals surface area contributed by atoms with Crippen molar-refractivity contribution >= 4 is 33.5 Å². The van der Waals surface area contributed by atoms with Crippen LogP contribution in [0.3, 0.4) is 0 Å². The number of halogens is 3. The molecule has 0 aliphatic heterocycles. The molecule has 0 atom stereocenters. The van der Waals surface area contributed by atoms with E-state index in [1.54, 1.807) is 24.3 Å². The van der Waals surface area contributed by atoms with Gasteiger partial charge >= 0.3 is 6.18 Å². The number of nitrogens with zero attached hydrogens (tertiary/aromatic N) is 3. The first-order valence-electron chi connectivity index (χ1n) is 7.85. The van der Waals surface area contributed by atoms with E-state index in [2.05, 4.69) is 5.32 Å². The Hall–Kier alpha value is -4.20. The number of fused-ring (bicyclic) bond motifs is 1. The lowest BCUT2D eigenvalue weighted by Gasteiger charge is -2.15. The molecule has 3 aromatic rings. The number of benzene rings is 3. The third-order valence-electron chi connectivity index (χ3n) is 4.07. The quantitative estimate of drug-likeness (QED) is 0.467. The molecule has 0 amide bonds. The van der Waals surface area contributed by atoms with Crippen molar-refractivity contribution in [1.82, 2.24) is 0 Å². The van der Waals surface area contributed by atoms with Crippen LogP contribution in [0, 0.1) is 31.6 Å². The van der Waals surface area contributed by atoms with E-state index < -0.39 is 38.6 Å². The van der Waals surface area contributed by atoms with Gasteiger partial charge in [0.25, 0.3) is 11.4 Å². The van der Waals surface area contributed by atoms with Gasteiger partial charge in [0.15, 0.2) is 0 Å². The number of non-ortho nitro benzene ring substituents is 1. The molecule has 0 heterocycles. The zero-order valence-corrected chi connectivity index (χ0v) is 14.2. The fourth-order valence-corrected chi connectivity index (χ4v) is 2.84. The van der Waals surface area contributed by atoms with E-state index >= 15 is 0 Å². The minimum atomic E-state index is -5.10. The van der Waals surface area contributed by atoms with Crippen LogP contribution in [0.25, 0.3) is 10.8 Å². The van der Waals surface area contributed by atoms with Crippen LogP contribution in [0.2, 0.25) is 0 Å². The molecule has 146 valence electrons. The lowest BCUT2D eigenvalue weighted by Crippen LogP contribution is -2.12. The summed E-state index contributed by atoms with van der Waals surface area (Å²) in [6.45, 7) is 0. The number of nitrogens with one attached hydrogen (secondary N) is 1. The smallest absolute Gasteiger partial charge is 0.349 e. The molecule has 0 saturated carbocycles. The van der Waals surface area contributed by atoms with E-state index in [0.29, 0.717) is 16.8 Å². The largest absolute Gasteiger partial charge is 0.418 e. The lowest BCUT2D eigenvalue weighted by atomic mass is 10.0. The zero-order chi connectivity index (χ0) is 21.3. The molecular weight excluding hydrogens is 393 g/mol. The summed E-state index contributed by atoms with van der Waals surface area (Å²) in [6, 6.07) is 11.9. The average Bonchev–Trinajstić information content (AvgIpc) is 2.66. The summed E-state index contributed by atoms with van der Waals surface area (Å²) in [5.41, 5.74) is -4.56. The van der Waals surface area contributed by atoms with Crippen LogP contribution >= 0.6 is 0 Å².